The van der Waals surface area contributed by atoms with Crippen LogP contribution in [0, 0.1) is 23.3 Å². The summed E-state index contributed by atoms with van der Waals surface area (Å²) in [6, 6.07) is 3.26. The average molecular weight is 305 g/mol. The van der Waals surface area contributed by atoms with Crippen LogP contribution in [0.2, 0.25) is 5.02 Å². The van der Waals surface area contributed by atoms with Crippen LogP contribution in [0.15, 0.2) is 30.3 Å². The third-order valence-corrected chi connectivity index (χ3v) is 3.01. The zero-order valence-corrected chi connectivity index (χ0v) is 10.7. The Morgan fingerprint density at radius 3 is 2.05 bits per heavy atom. The molecule has 0 aromatic heterocycles. The highest BCUT2D eigenvalue weighted by Crippen LogP contribution is 2.29. The second kappa shape index (κ2) is 5.78. The minimum Gasteiger partial charge on any atom is -0.271 e. The SMILES string of the molecule is NNC(c1ccc(Cl)cc1F)c1c(F)cc(F)cc1F. The van der Waals surface area contributed by atoms with Gasteiger partial charge in [0.25, 0.3) is 0 Å². The number of hydrogen-bond donors (Lipinski definition) is 2. The van der Waals surface area contributed by atoms with Crippen molar-refractivity contribution >= 4 is 11.6 Å². The molecule has 0 fully saturated rings. The predicted octanol–water partition coefficient (Wildman–Crippen LogP) is 3.45. The van der Waals surface area contributed by atoms with Gasteiger partial charge in [0.05, 0.1) is 6.04 Å². The normalized spacial score (nSPS) is 12.5. The molecule has 0 heterocycles. The van der Waals surface area contributed by atoms with Crippen molar-refractivity contribution in [1.82, 2.24) is 5.43 Å². The fraction of sp³-hybridized carbons (Fsp3) is 0.0769. The standard InChI is InChI=1S/C13H9ClF4N2/c14-6-1-2-8(9(16)3-6)13(20-19)12-10(17)4-7(15)5-11(12)18/h1-5,13,20H,19H2. The van der Waals surface area contributed by atoms with Gasteiger partial charge in [-0.2, -0.15) is 0 Å². The fourth-order valence-corrected chi connectivity index (χ4v) is 2.05. The summed E-state index contributed by atoms with van der Waals surface area (Å²) in [6.07, 6.45) is 0. The summed E-state index contributed by atoms with van der Waals surface area (Å²) >= 11 is 5.60. The molecule has 0 saturated carbocycles. The lowest BCUT2D eigenvalue weighted by Gasteiger charge is -2.19. The van der Waals surface area contributed by atoms with Gasteiger partial charge in [-0.25, -0.2) is 23.0 Å². The van der Waals surface area contributed by atoms with E-state index in [2.05, 4.69) is 5.43 Å². The second-order valence-electron chi connectivity index (χ2n) is 4.05. The molecule has 0 saturated heterocycles. The number of halogens is 5. The van der Waals surface area contributed by atoms with E-state index in [1.165, 1.54) is 12.1 Å². The first-order valence-corrected chi connectivity index (χ1v) is 5.87. The Labute approximate surface area is 117 Å². The van der Waals surface area contributed by atoms with Crippen LogP contribution < -0.4 is 11.3 Å². The van der Waals surface area contributed by atoms with E-state index < -0.39 is 34.9 Å². The Balaban J connectivity index is 2.58. The van der Waals surface area contributed by atoms with Gasteiger partial charge >= 0.3 is 0 Å². The van der Waals surface area contributed by atoms with Crippen molar-refractivity contribution in [2.45, 2.75) is 6.04 Å². The van der Waals surface area contributed by atoms with Gasteiger partial charge in [-0.15, -0.1) is 0 Å². The predicted molar refractivity (Wildman–Crippen MR) is 66.9 cm³/mol. The minimum absolute atomic E-state index is 0.110. The quantitative estimate of drug-likeness (QED) is 0.518. The van der Waals surface area contributed by atoms with Crippen LogP contribution in [0.5, 0.6) is 0 Å². The largest absolute Gasteiger partial charge is 0.271 e. The number of hydrogen-bond acceptors (Lipinski definition) is 2. The summed E-state index contributed by atoms with van der Waals surface area (Å²) in [5.41, 5.74) is 1.43. The Kier molecular flexibility index (Phi) is 4.27. The van der Waals surface area contributed by atoms with Crippen LogP contribution in [-0.2, 0) is 0 Å². The van der Waals surface area contributed by atoms with Crippen molar-refractivity contribution in [2.24, 2.45) is 5.84 Å². The Morgan fingerprint density at radius 2 is 1.55 bits per heavy atom. The van der Waals surface area contributed by atoms with E-state index >= 15 is 0 Å². The smallest absolute Gasteiger partial charge is 0.134 e. The first-order chi connectivity index (χ1) is 9.43. The molecule has 0 radical (unpaired) electrons. The molecule has 7 heteroatoms. The highest BCUT2D eigenvalue weighted by Gasteiger charge is 2.24. The van der Waals surface area contributed by atoms with E-state index in [9.17, 15) is 17.6 Å². The van der Waals surface area contributed by atoms with E-state index in [0.29, 0.717) is 12.1 Å². The van der Waals surface area contributed by atoms with E-state index in [1.807, 2.05) is 0 Å². The average Bonchev–Trinajstić information content (AvgIpc) is 2.34. The van der Waals surface area contributed by atoms with Gasteiger partial charge in [-0.1, -0.05) is 17.7 Å². The summed E-state index contributed by atoms with van der Waals surface area (Å²) in [5, 5.41) is 0.127. The maximum atomic E-state index is 13.8. The summed E-state index contributed by atoms with van der Waals surface area (Å²) in [5.74, 6) is 1.05. The Morgan fingerprint density at radius 1 is 0.950 bits per heavy atom. The molecule has 2 rings (SSSR count). The van der Waals surface area contributed by atoms with Crippen LogP contribution in [0.3, 0.4) is 0 Å². The van der Waals surface area contributed by atoms with E-state index in [4.69, 9.17) is 17.4 Å². The van der Waals surface area contributed by atoms with Crippen LogP contribution in [0.25, 0.3) is 0 Å². The monoisotopic (exact) mass is 304 g/mol. The van der Waals surface area contributed by atoms with Crippen molar-refractivity contribution in [2.75, 3.05) is 0 Å². The molecule has 1 atom stereocenters. The third-order valence-electron chi connectivity index (χ3n) is 2.77. The molecule has 0 bridgehead atoms. The maximum absolute atomic E-state index is 13.8. The molecular formula is C13H9ClF4N2. The fourth-order valence-electron chi connectivity index (χ4n) is 1.89. The van der Waals surface area contributed by atoms with E-state index in [1.54, 1.807) is 0 Å². The summed E-state index contributed by atoms with van der Waals surface area (Å²) in [7, 11) is 0. The van der Waals surface area contributed by atoms with Crippen molar-refractivity contribution < 1.29 is 17.6 Å². The Hall–Kier alpha value is -1.63. The molecule has 2 aromatic carbocycles. The molecule has 0 spiro atoms. The van der Waals surface area contributed by atoms with Crippen LogP contribution in [0.1, 0.15) is 17.2 Å². The molecule has 106 valence electrons. The lowest BCUT2D eigenvalue weighted by molar-refractivity contribution is 0.481. The van der Waals surface area contributed by atoms with Crippen LogP contribution >= 0.6 is 11.6 Å². The van der Waals surface area contributed by atoms with Gasteiger partial charge in [0.2, 0.25) is 0 Å². The molecule has 0 aliphatic rings. The molecule has 1 unspecified atom stereocenters. The van der Waals surface area contributed by atoms with Gasteiger partial charge in [-0.05, 0) is 12.1 Å². The lowest BCUT2D eigenvalue weighted by atomic mass is 9.97. The van der Waals surface area contributed by atoms with Crippen molar-refractivity contribution in [3.8, 4) is 0 Å². The summed E-state index contributed by atoms with van der Waals surface area (Å²) in [6.45, 7) is 0. The molecule has 0 amide bonds. The van der Waals surface area contributed by atoms with Crippen LogP contribution in [-0.4, -0.2) is 0 Å². The highest BCUT2D eigenvalue weighted by atomic mass is 35.5. The minimum atomic E-state index is -1.31. The zero-order chi connectivity index (χ0) is 14.9. The van der Waals surface area contributed by atoms with E-state index in [-0.39, 0.29) is 10.6 Å². The lowest BCUT2D eigenvalue weighted by Crippen LogP contribution is -2.31. The Bertz CT molecular complexity index is 625. The van der Waals surface area contributed by atoms with Gasteiger partial charge in [0.1, 0.15) is 23.3 Å². The zero-order valence-electron chi connectivity index (χ0n) is 9.93. The highest BCUT2D eigenvalue weighted by molar-refractivity contribution is 6.30. The van der Waals surface area contributed by atoms with Gasteiger partial charge in [0, 0.05) is 28.3 Å². The molecule has 3 N–H and O–H groups in total. The number of benzene rings is 2. The number of nitrogens with two attached hydrogens (primary N) is 1. The second-order valence-corrected chi connectivity index (χ2v) is 4.49. The summed E-state index contributed by atoms with van der Waals surface area (Å²) in [4.78, 5) is 0. The maximum Gasteiger partial charge on any atom is 0.134 e. The first-order valence-electron chi connectivity index (χ1n) is 5.49. The summed E-state index contributed by atoms with van der Waals surface area (Å²) < 4.78 is 54.1. The topological polar surface area (TPSA) is 38.0 Å². The van der Waals surface area contributed by atoms with Crippen molar-refractivity contribution in [3.05, 3.63) is 69.8 Å². The molecular weight excluding hydrogens is 296 g/mol. The molecule has 20 heavy (non-hydrogen) atoms. The molecule has 2 nitrogen and oxygen atoms in total. The number of rotatable bonds is 3. The van der Waals surface area contributed by atoms with Gasteiger partial charge < -0.3 is 0 Å². The number of nitrogens with one attached hydrogen (secondary N) is 1. The van der Waals surface area contributed by atoms with Gasteiger partial charge in [-0.3, -0.25) is 5.84 Å². The first kappa shape index (κ1) is 14.8. The third kappa shape index (κ3) is 2.77. The van der Waals surface area contributed by atoms with Crippen molar-refractivity contribution in [1.29, 1.82) is 0 Å². The van der Waals surface area contributed by atoms with Gasteiger partial charge in [0.15, 0.2) is 0 Å². The van der Waals surface area contributed by atoms with Crippen molar-refractivity contribution in [3.63, 3.8) is 0 Å². The van der Waals surface area contributed by atoms with Crippen LogP contribution in [0.4, 0.5) is 17.6 Å². The van der Waals surface area contributed by atoms with E-state index in [0.717, 1.165) is 6.07 Å². The molecule has 0 aliphatic heterocycles. The molecule has 2 aromatic rings. The number of hydrazine groups is 1. The molecule has 0 aliphatic carbocycles.